The number of H-pyrrole nitrogens is 1. The number of nitrogens with one attached hydrogen (secondary N) is 1. The topological polar surface area (TPSA) is 102 Å². The van der Waals surface area contributed by atoms with Gasteiger partial charge in [-0.25, -0.2) is 15.0 Å². The molecule has 0 atom stereocenters. The highest BCUT2D eigenvalue weighted by Crippen LogP contribution is 2.32. The van der Waals surface area contributed by atoms with Gasteiger partial charge < -0.3 is 14.8 Å². The molecule has 138 valence electrons. The third-order valence-electron chi connectivity index (χ3n) is 5.17. The number of nitrogens with zero attached hydrogens (tertiary/aromatic N) is 6. The molecule has 1 fully saturated rings. The molecular weight excluding hydrogens is 342 g/mol. The minimum atomic E-state index is -0.0375. The lowest BCUT2D eigenvalue weighted by Gasteiger charge is -2.34. The maximum Gasteiger partial charge on any atom is 0.226 e. The molecular formula is C19H21N7O. The Morgan fingerprint density at radius 1 is 1.41 bits per heavy atom. The van der Waals surface area contributed by atoms with E-state index in [2.05, 4.69) is 19.9 Å². The molecule has 8 nitrogen and oxygen atoms in total. The van der Waals surface area contributed by atoms with Gasteiger partial charge in [0.2, 0.25) is 5.91 Å². The molecule has 1 aliphatic heterocycles. The number of hydrogen-bond acceptors (Lipinski definition) is 6. The Kier molecular flexibility index (Phi) is 4.36. The summed E-state index contributed by atoms with van der Waals surface area (Å²) in [6, 6.07) is 4.00. The third kappa shape index (κ3) is 3.05. The number of carbonyl (C=O) groups is 1. The van der Waals surface area contributed by atoms with Crippen LogP contribution in [0.25, 0.3) is 21.9 Å². The largest absolute Gasteiger partial charge is 0.356 e. The number of aromatic amines is 1. The number of amides is 1. The van der Waals surface area contributed by atoms with Gasteiger partial charge in [0, 0.05) is 37.6 Å². The molecule has 0 spiro atoms. The molecule has 0 radical (unpaired) electrons. The van der Waals surface area contributed by atoms with E-state index in [9.17, 15) is 4.79 Å². The fraction of sp³-hybridized carbons (Fsp3) is 0.421. The van der Waals surface area contributed by atoms with E-state index < -0.39 is 0 Å². The number of piperidine rings is 1. The van der Waals surface area contributed by atoms with E-state index in [1.165, 1.54) is 4.90 Å². The number of nitriles is 1. The number of hydrogen-bond donors (Lipinski definition) is 1. The summed E-state index contributed by atoms with van der Waals surface area (Å²) < 4.78 is 0. The van der Waals surface area contributed by atoms with Crippen molar-refractivity contribution in [2.45, 2.75) is 19.8 Å². The first-order valence-corrected chi connectivity index (χ1v) is 9.05. The van der Waals surface area contributed by atoms with E-state index >= 15 is 0 Å². The molecule has 1 saturated heterocycles. The van der Waals surface area contributed by atoms with Crippen LogP contribution in [-0.2, 0) is 4.79 Å². The van der Waals surface area contributed by atoms with Crippen molar-refractivity contribution in [3.05, 3.63) is 24.3 Å². The van der Waals surface area contributed by atoms with Gasteiger partial charge in [0.25, 0.3) is 0 Å². The van der Waals surface area contributed by atoms with Crippen LogP contribution in [0, 0.1) is 24.2 Å². The van der Waals surface area contributed by atoms with Gasteiger partial charge in [-0.2, -0.15) is 5.26 Å². The predicted molar refractivity (Wildman–Crippen MR) is 102 cm³/mol. The molecule has 3 aromatic rings. The number of fused-ring (bicyclic) bond motifs is 3. The summed E-state index contributed by atoms with van der Waals surface area (Å²) >= 11 is 0. The standard InChI is InChI=1S/C19H21N7O/c1-12-23-15-11-22-17-14(3-7-21-17)16(15)18(24-12)26-8-4-13(5-9-26)19(27)25(2)10-6-20/h3,7,11,13H,4-5,8-10H2,1-2H3,(H,23,24). The lowest BCUT2D eigenvalue weighted by molar-refractivity contribution is -0.134. The van der Waals surface area contributed by atoms with E-state index in [4.69, 9.17) is 10.2 Å². The van der Waals surface area contributed by atoms with Gasteiger partial charge in [0.15, 0.2) is 5.65 Å². The normalized spacial score (nSPS) is 15.2. The Morgan fingerprint density at radius 3 is 2.93 bits per heavy atom. The average Bonchev–Trinajstić information content (AvgIpc) is 3.16. The summed E-state index contributed by atoms with van der Waals surface area (Å²) in [4.78, 5) is 33.0. The van der Waals surface area contributed by atoms with Crippen molar-refractivity contribution in [1.29, 1.82) is 5.26 Å². The van der Waals surface area contributed by atoms with Crippen LogP contribution in [0.15, 0.2) is 18.5 Å². The summed E-state index contributed by atoms with van der Waals surface area (Å²) in [5, 5.41) is 10.8. The van der Waals surface area contributed by atoms with Crippen molar-refractivity contribution in [2.24, 2.45) is 5.92 Å². The van der Waals surface area contributed by atoms with Crippen molar-refractivity contribution in [3.63, 3.8) is 0 Å². The molecule has 0 aromatic carbocycles. The van der Waals surface area contributed by atoms with Gasteiger partial charge in [-0.05, 0) is 25.8 Å². The highest BCUT2D eigenvalue weighted by molar-refractivity contribution is 6.09. The molecule has 27 heavy (non-hydrogen) atoms. The van der Waals surface area contributed by atoms with Gasteiger partial charge >= 0.3 is 0 Å². The molecule has 1 amide bonds. The molecule has 0 saturated carbocycles. The van der Waals surface area contributed by atoms with Gasteiger partial charge in [-0.1, -0.05) is 0 Å². The first kappa shape index (κ1) is 17.2. The minimum absolute atomic E-state index is 0.0375. The molecule has 0 aliphatic carbocycles. The van der Waals surface area contributed by atoms with Crippen LogP contribution in [0.3, 0.4) is 0 Å². The first-order valence-electron chi connectivity index (χ1n) is 9.05. The second-order valence-electron chi connectivity index (χ2n) is 6.99. The quantitative estimate of drug-likeness (QED) is 0.714. The van der Waals surface area contributed by atoms with Crippen molar-refractivity contribution < 1.29 is 4.79 Å². The zero-order valence-corrected chi connectivity index (χ0v) is 15.4. The number of aromatic nitrogens is 4. The number of carbonyl (C=O) groups excluding carboxylic acids is 1. The van der Waals surface area contributed by atoms with Crippen molar-refractivity contribution >= 4 is 33.7 Å². The molecule has 1 aliphatic rings. The fourth-order valence-electron chi connectivity index (χ4n) is 3.80. The molecule has 4 rings (SSSR count). The van der Waals surface area contributed by atoms with Crippen molar-refractivity contribution in [2.75, 3.05) is 31.6 Å². The molecule has 8 heteroatoms. The van der Waals surface area contributed by atoms with Crippen LogP contribution in [0.5, 0.6) is 0 Å². The highest BCUT2D eigenvalue weighted by Gasteiger charge is 2.28. The van der Waals surface area contributed by atoms with Gasteiger partial charge in [-0.3, -0.25) is 4.79 Å². The number of pyridine rings is 1. The second-order valence-corrected chi connectivity index (χ2v) is 6.99. The summed E-state index contributed by atoms with van der Waals surface area (Å²) in [6.45, 7) is 3.57. The molecule has 0 unspecified atom stereocenters. The Hall–Kier alpha value is -3.21. The van der Waals surface area contributed by atoms with Crippen LogP contribution >= 0.6 is 0 Å². The van der Waals surface area contributed by atoms with Crippen LogP contribution in [0.4, 0.5) is 5.82 Å². The molecule has 1 N–H and O–H groups in total. The molecule has 4 heterocycles. The first-order chi connectivity index (χ1) is 13.1. The maximum absolute atomic E-state index is 12.5. The second kappa shape index (κ2) is 6.83. The van der Waals surface area contributed by atoms with Crippen LogP contribution < -0.4 is 4.90 Å². The Balaban J connectivity index is 1.64. The van der Waals surface area contributed by atoms with Crippen LogP contribution in [0.2, 0.25) is 0 Å². The zero-order valence-electron chi connectivity index (χ0n) is 15.4. The summed E-state index contributed by atoms with van der Waals surface area (Å²) in [5.74, 6) is 1.76. The van der Waals surface area contributed by atoms with Gasteiger partial charge in [-0.15, -0.1) is 0 Å². The fourth-order valence-corrected chi connectivity index (χ4v) is 3.80. The van der Waals surface area contributed by atoms with E-state index in [0.717, 1.165) is 53.9 Å². The average molecular weight is 363 g/mol. The van der Waals surface area contributed by atoms with E-state index in [0.29, 0.717) is 5.65 Å². The maximum atomic E-state index is 12.5. The zero-order chi connectivity index (χ0) is 19.0. The number of aryl methyl sites for hydroxylation is 1. The number of rotatable bonds is 3. The molecule has 0 bridgehead atoms. The Bertz CT molecular complexity index is 1040. The van der Waals surface area contributed by atoms with Gasteiger partial charge in [0.05, 0.1) is 23.2 Å². The van der Waals surface area contributed by atoms with E-state index in [1.54, 1.807) is 19.4 Å². The predicted octanol–water partition coefficient (Wildman–Crippen LogP) is 2.01. The lowest BCUT2D eigenvalue weighted by Crippen LogP contribution is -2.41. The minimum Gasteiger partial charge on any atom is -0.356 e. The number of anilines is 1. The summed E-state index contributed by atoms with van der Waals surface area (Å²) in [5.41, 5.74) is 1.65. The highest BCUT2D eigenvalue weighted by atomic mass is 16.2. The third-order valence-corrected chi connectivity index (χ3v) is 5.17. The van der Waals surface area contributed by atoms with Crippen molar-refractivity contribution in [3.8, 4) is 6.07 Å². The Morgan fingerprint density at radius 2 is 2.19 bits per heavy atom. The smallest absolute Gasteiger partial charge is 0.226 e. The van der Waals surface area contributed by atoms with E-state index in [1.807, 2.05) is 19.1 Å². The summed E-state index contributed by atoms with van der Waals surface area (Å²) in [7, 11) is 1.69. The monoisotopic (exact) mass is 363 g/mol. The van der Waals surface area contributed by atoms with E-state index in [-0.39, 0.29) is 18.4 Å². The SMILES string of the molecule is Cc1nc(N2CCC(C(=O)N(C)CC#N)CC2)c2c(cnc3nccc32)[nH]1. The molecule has 3 aromatic heterocycles. The Labute approximate surface area is 156 Å². The summed E-state index contributed by atoms with van der Waals surface area (Å²) in [6.07, 6.45) is 5.07. The lowest BCUT2D eigenvalue weighted by atomic mass is 9.95. The van der Waals surface area contributed by atoms with Crippen LogP contribution in [0.1, 0.15) is 18.7 Å². The van der Waals surface area contributed by atoms with Crippen LogP contribution in [-0.4, -0.2) is 57.4 Å². The van der Waals surface area contributed by atoms with Crippen molar-refractivity contribution in [1.82, 2.24) is 24.8 Å². The van der Waals surface area contributed by atoms with Gasteiger partial charge in [0.1, 0.15) is 18.2 Å².